The summed E-state index contributed by atoms with van der Waals surface area (Å²) in [5.74, 6) is 0.250. The van der Waals surface area contributed by atoms with Gasteiger partial charge in [0.05, 0.1) is 5.56 Å². The van der Waals surface area contributed by atoms with Crippen molar-refractivity contribution in [1.82, 2.24) is 4.90 Å². The lowest BCUT2D eigenvalue weighted by Gasteiger charge is -2.30. The lowest BCUT2D eigenvalue weighted by molar-refractivity contribution is -0.271. The van der Waals surface area contributed by atoms with Gasteiger partial charge < -0.3 is 19.5 Å². The Labute approximate surface area is 125 Å². The van der Waals surface area contributed by atoms with Crippen molar-refractivity contribution in [3.8, 4) is 5.75 Å². The van der Waals surface area contributed by atoms with Gasteiger partial charge in [0.25, 0.3) is 0 Å². The molecule has 2 aliphatic rings. The van der Waals surface area contributed by atoms with Crippen molar-refractivity contribution in [2.45, 2.75) is 31.7 Å². The number of hydrogen-bond acceptors (Lipinski definition) is 3. The lowest BCUT2D eigenvalue weighted by atomic mass is 9.99. The fraction of sp³-hybridized carbons (Fsp3) is 0.533. The first-order valence-electron chi connectivity index (χ1n) is 7.18. The maximum atomic E-state index is 12.7. The first-order chi connectivity index (χ1) is 10.4. The third-order valence-electron chi connectivity index (χ3n) is 4.48. The van der Waals surface area contributed by atoms with Crippen LogP contribution in [0, 0.1) is 11.8 Å². The molecule has 1 aliphatic heterocycles. The summed E-state index contributed by atoms with van der Waals surface area (Å²) < 4.78 is 43.8. The molecular formula is C15H15F3NO3-. The number of likely N-dealkylation sites (tertiary alicyclic amines) is 1. The van der Waals surface area contributed by atoms with Gasteiger partial charge >= 0.3 is 6.18 Å². The lowest BCUT2D eigenvalue weighted by Crippen LogP contribution is -2.48. The molecule has 3 unspecified atom stereocenters. The maximum Gasteiger partial charge on any atom is 0.416 e. The molecule has 3 rings (SSSR count). The number of benzene rings is 1. The van der Waals surface area contributed by atoms with Crippen LogP contribution in [0.5, 0.6) is 5.75 Å². The number of alkyl halides is 3. The standard InChI is InChI=1S/C15H16F3NO3/c16-15(17,18)10-4-2-5-11(7-10)22-13-12-6-1-3-9(12)8-19(13)14(20)21/h2,4-5,7,9,12-13H,1,3,6,8H2,(H,20,21)/p-1. The van der Waals surface area contributed by atoms with Crippen molar-refractivity contribution in [2.75, 3.05) is 6.54 Å². The number of halogens is 3. The summed E-state index contributed by atoms with van der Waals surface area (Å²) in [6, 6.07) is 4.51. The molecule has 1 heterocycles. The number of rotatable bonds is 2. The average Bonchev–Trinajstić information content (AvgIpc) is 3.01. The van der Waals surface area contributed by atoms with Gasteiger partial charge in [0, 0.05) is 12.5 Å². The molecule has 0 spiro atoms. The fourth-order valence-electron chi connectivity index (χ4n) is 3.47. The Bertz CT molecular complexity index is 575. The number of carboxylic acid groups (broad SMARTS) is 1. The molecule has 3 atom stereocenters. The summed E-state index contributed by atoms with van der Waals surface area (Å²) in [7, 11) is 0. The van der Waals surface area contributed by atoms with Gasteiger partial charge in [-0.15, -0.1) is 0 Å². The second-order valence-electron chi connectivity index (χ2n) is 5.81. The van der Waals surface area contributed by atoms with Crippen molar-refractivity contribution < 1.29 is 27.8 Å². The summed E-state index contributed by atoms with van der Waals surface area (Å²) in [6.45, 7) is 0.330. The molecule has 0 N–H and O–H groups in total. The highest BCUT2D eigenvalue weighted by Crippen LogP contribution is 2.43. The Morgan fingerprint density at radius 1 is 1.32 bits per heavy atom. The molecule has 7 heteroatoms. The number of hydrogen-bond donors (Lipinski definition) is 0. The molecule has 0 bridgehead atoms. The van der Waals surface area contributed by atoms with Gasteiger partial charge in [-0.05, 0) is 37.0 Å². The molecule has 0 aromatic heterocycles. The Hall–Kier alpha value is -1.92. The number of amides is 1. The predicted octanol–water partition coefficient (Wildman–Crippen LogP) is 2.49. The van der Waals surface area contributed by atoms with E-state index >= 15 is 0 Å². The molecule has 1 aliphatic carbocycles. The van der Waals surface area contributed by atoms with Gasteiger partial charge in [-0.1, -0.05) is 12.5 Å². The minimum atomic E-state index is -4.46. The molecule has 1 aromatic carbocycles. The zero-order valence-electron chi connectivity index (χ0n) is 11.7. The van der Waals surface area contributed by atoms with Crippen LogP contribution in [0.25, 0.3) is 0 Å². The van der Waals surface area contributed by atoms with Crippen molar-refractivity contribution in [3.63, 3.8) is 0 Å². The molecule has 120 valence electrons. The van der Waals surface area contributed by atoms with E-state index in [1.807, 2.05) is 0 Å². The number of nitrogens with zero attached hydrogens (tertiary/aromatic N) is 1. The zero-order valence-corrected chi connectivity index (χ0v) is 11.7. The highest BCUT2D eigenvalue weighted by molar-refractivity contribution is 5.63. The van der Waals surface area contributed by atoms with Crippen LogP contribution in [-0.4, -0.2) is 23.8 Å². The molecular weight excluding hydrogens is 299 g/mol. The minimum Gasteiger partial charge on any atom is -0.530 e. The van der Waals surface area contributed by atoms with Gasteiger partial charge in [-0.25, -0.2) is 0 Å². The molecule has 1 saturated carbocycles. The summed E-state index contributed by atoms with van der Waals surface area (Å²) in [6.07, 6.45) is -3.85. The van der Waals surface area contributed by atoms with Crippen LogP contribution in [0.3, 0.4) is 0 Å². The highest BCUT2D eigenvalue weighted by Gasteiger charge is 2.46. The molecule has 4 nitrogen and oxygen atoms in total. The summed E-state index contributed by atoms with van der Waals surface area (Å²) >= 11 is 0. The van der Waals surface area contributed by atoms with Crippen LogP contribution in [0.1, 0.15) is 24.8 Å². The molecule has 1 amide bonds. The van der Waals surface area contributed by atoms with E-state index in [0.29, 0.717) is 6.54 Å². The monoisotopic (exact) mass is 314 g/mol. The van der Waals surface area contributed by atoms with Gasteiger partial charge in [-0.2, -0.15) is 13.2 Å². The average molecular weight is 314 g/mol. The predicted molar refractivity (Wildman–Crippen MR) is 68.8 cm³/mol. The zero-order chi connectivity index (χ0) is 15.9. The number of carbonyl (C=O) groups is 1. The highest BCUT2D eigenvalue weighted by atomic mass is 19.4. The van der Waals surface area contributed by atoms with Crippen molar-refractivity contribution in [1.29, 1.82) is 0 Å². The Morgan fingerprint density at radius 3 is 2.77 bits per heavy atom. The van der Waals surface area contributed by atoms with E-state index in [0.717, 1.165) is 36.3 Å². The Balaban J connectivity index is 1.83. The van der Waals surface area contributed by atoms with Gasteiger partial charge in [0.15, 0.2) is 6.23 Å². The second kappa shape index (κ2) is 5.37. The number of fused-ring (bicyclic) bond motifs is 1. The first-order valence-corrected chi connectivity index (χ1v) is 7.18. The van der Waals surface area contributed by atoms with E-state index in [2.05, 4.69) is 0 Å². The van der Waals surface area contributed by atoms with Crippen molar-refractivity contribution in [2.24, 2.45) is 11.8 Å². The number of ether oxygens (including phenoxy) is 1. The third kappa shape index (κ3) is 2.71. The fourth-order valence-corrected chi connectivity index (χ4v) is 3.47. The van der Waals surface area contributed by atoms with Crippen LogP contribution in [-0.2, 0) is 6.18 Å². The van der Waals surface area contributed by atoms with Crippen LogP contribution in [0.4, 0.5) is 18.0 Å². The van der Waals surface area contributed by atoms with Crippen LogP contribution < -0.4 is 9.84 Å². The summed E-state index contributed by atoms with van der Waals surface area (Å²) in [5, 5.41) is 11.2. The van der Waals surface area contributed by atoms with E-state index in [4.69, 9.17) is 4.74 Å². The maximum absolute atomic E-state index is 12.7. The van der Waals surface area contributed by atoms with Crippen LogP contribution in [0.2, 0.25) is 0 Å². The Kier molecular flexibility index (Phi) is 3.66. The first kappa shape index (κ1) is 15.0. The third-order valence-corrected chi connectivity index (χ3v) is 4.48. The molecule has 1 saturated heterocycles. The SMILES string of the molecule is O=C([O-])N1CC2CCCC2C1Oc1cccc(C(F)(F)F)c1. The molecule has 2 fully saturated rings. The normalized spacial score (nSPS) is 27.8. The van der Waals surface area contributed by atoms with E-state index in [1.54, 1.807) is 0 Å². The Morgan fingerprint density at radius 2 is 2.09 bits per heavy atom. The molecule has 0 radical (unpaired) electrons. The smallest absolute Gasteiger partial charge is 0.416 e. The van der Waals surface area contributed by atoms with Gasteiger partial charge in [-0.3, -0.25) is 0 Å². The minimum absolute atomic E-state index is 0.0208. The van der Waals surface area contributed by atoms with E-state index in [-0.39, 0.29) is 17.6 Å². The quantitative estimate of drug-likeness (QED) is 0.843. The van der Waals surface area contributed by atoms with Crippen LogP contribution >= 0.6 is 0 Å². The van der Waals surface area contributed by atoms with Crippen molar-refractivity contribution in [3.05, 3.63) is 29.8 Å². The van der Waals surface area contributed by atoms with E-state index < -0.39 is 24.1 Å². The molecule has 22 heavy (non-hydrogen) atoms. The summed E-state index contributed by atoms with van der Waals surface area (Å²) in [4.78, 5) is 12.3. The topological polar surface area (TPSA) is 52.6 Å². The van der Waals surface area contributed by atoms with E-state index in [1.165, 1.54) is 12.1 Å². The number of carbonyl (C=O) groups excluding carboxylic acids is 1. The largest absolute Gasteiger partial charge is 0.530 e. The van der Waals surface area contributed by atoms with Gasteiger partial charge in [0.2, 0.25) is 0 Å². The second-order valence-corrected chi connectivity index (χ2v) is 5.81. The van der Waals surface area contributed by atoms with E-state index in [9.17, 15) is 23.1 Å². The summed E-state index contributed by atoms with van der Waals surface area (Å²) in [5.41, 5.74) is -0.814. The van der Waals surface area contributed by atoms with Gasteiger partial charge in [0.1, 0.15) is 11.8 Å². The van der Waals surface area contributed by atoms with Crippen molar-refractivity contribution >= 4 is 6.09 Å². The van der Waals surface area contributed by atoms with Crippen LogP contribution in [0.15, 0.2) is 24.3 Å². The molecule has 1 aromatic rings.